The molecule has 1 aromatic rings. The Hall–Kier alpha value is -0.620. The molecule has 3 N–H and O–H groups in total. The topological polar surface area (TPSA) is 64.4 Å². The van der Waals surface area contributed by atoms with Crippen LogP contribution in [0.15, 0.2) is 28.7 Å². The predicted octanol–water partition coefficient (Wildman–Crippen LogP) is 3.51. The fourth-order valence-corrected chi connectivity index (χ4v) is 3.00. The van der Waals surface area contributed by atoms with Crippen molar-refractivity contribution in [1.82, 2.24) is 5.32 Å². The Bertz CT molecular complexity index is 488. The van der Waals surface area contributed by atoms with E-state index in [0.717, 1.165) is 22.9 Å². The van der Waals surface area contributed by atoms with E-state index in [1.807, 2.05) is 24.3 Å². The molecule has 2 rings (SSSR count). The van der Waals surface area contributed by atoms with Gasteiger partial charge in [-0.05, 0) is 37.5 Å². The van der Waals surface area contributed by atoms with Gasteiger partial charge in [0.25, 0.3) is 0 Å². The lowest BCUT2D eigenvalue weighted by atomic mass is 9.92. The van der Waals surface area contributed by atoms with E-state index in [4.69, 9.17) is 10.5 Å². The molecule has 0 saturated heterocycles. The highest BCUT2D eigenvalue weighted by Crippen LogP contribution is 2.21. The van der Waals surface area contributed by atoms with Crippen molar-refractivity contribution in [2.75, 3.05) is 13.2 Å². The lowest BCUT2D eigenvalue weighted by Crippen LogP contribution is -2.49. The van der Waals surface area contributed by atoms with Crippen LogP contribution in [0.25, 0.3) is 0 Å². The summed E-state index contributed by atoms with van der Waals surface area (Å²) in [5, 5.41) is 2.87. The van der Waals surface area contributed by atoms with Crippen LogP contribution in [0.3, 0.4) is 0 Å². The summed E-state index contributed by atoms with van der Waals surface area (Å²) >= 11 is 3.38. The van der Waals surface area contributed by atoms with Gasteiger partial charge in [-0.1, -0.05) is 47.3 Å². The van der Waals surface area contributed by atoms with Crippen LogP contribution in [0.4, 0.5) is 0 Å². The van der Waals surface area contributed by atoms with Crippen molar-refractivity contribution in [2.45, 2.75) is 50.7 Å². The highest BCUT2D eigenvalue weighted by atomic mass is 79.9. The summed E-state index contributed by atoms with van der Waals surface area (Å²) in [7, 11) is 0. The molecule has 23 heavy (non-hydrogen) atoms. The number of hydrogen-bond donors (Lipinski definition) is 2. The second-order valence-corrected chi connectivity index (χ2v) is 7.01. The van der Waals surface area contributed by atoms with Gasteiger partial charge in [0, 0.05) is 11.0 Å². The Morgan fingerprint density at radius 3 is 2.52 bits per heavy atom. The maximum atomic E-state index is 12.3. The van der Waals surface area contributed by atoms with E-state index < -0.39 is 5.54 Å². The van der Waals surface area contributed by atoms with Gasteiger partial charge in [0.1, 0.15) is 5.54 Å². The normalized spacial score (nSPS) is 17.9. The summed E-state index contributed by atoms with van der Waals surface area (Å²) in [5.41, 5.74) is 5.95. The van der Waals surface area contributed by atoms with Gasteiger partial charge in [0.05, 0.1) is 12.7 Å². The first-order valence-corrected chi connectivity index (χ1v) is 8.74. The maximum Gasteiger partial charge on any atom is 0.244 e. The molecule has 4 nitrogen and oxygen atoms in total. The van der Waals surface area contributed by atoms with Gasteiger partial charge in [0.2, 0.25) is 5.91 Å². The first kappa shape index (κ1) is 20.4. The molecule has 130 valence electrons. The first-order valence-electron chi connectivity index (χ1n) is 7.95. The molecule has 0 heterocycles. The molecule has 1 fully saturated rings. The SMILES string of the molecule is CC(N)(C(=O)NCCOC1CCCCC1)c1ccc(Br)cc1.Cl. The van der Waals surface area contributed by atoms with Crippen LogP contribution in [-0.2, 0) is 15.1 Å². The molecule has 1 atom stereocenters. The Labute approximate surface area is 153 Å². The van der Waals surface area contributed by atoms with Crippen LogP contribution in [0.2, 0.25) is 0 Å². The summed E-state index contributed by atoms with van der Waals surface area (Å²) < 4.78 is 6.77. The Balaban J connectivity index is 0.00000264. The molecule has 0 aromatic heterocycles. The third-order valence-electron chi connectivity index (χ3n) is 4.21. The van der Waals surface area contributed by atoms with Crippen LogP contribution < -0.4 is 11.1 Å². The smallest absolute Gasteiger partial charge is 0.244 e. The second-order valence-electron chi connectivity index (χ2n) is 6.10. The number of nitrogens with one attached hydrogen (secondary N) is 1. The molecule has 1 aromatic carbocycles. The Morgan fingerprint density at radius 1 is 1.30 bits per heavy atom. The predicted molar refractivity (Wildman–Crippen MR) is 98.8 cm³/mol. The van der Waals surface area contributed by atoms with E-state index >= 15 is 0 Å². The van der Waals surface area contributed by atoms with Crippen LogP contribution in [-0.4, -0.2) is 25.2 Å². The molecular formula is C17H26BrClN2O2. The van der Waals surface area contributed by atoms with Crippen LogP contribution in [0.5, 0.6) is 0 Å². The quantitative estimate of drug-likeness (QED) is 0.712. The Morgan fingerprint density at radius 2 is 1.91 bits per heavy atom. The number of amides is 1. The second kappa shape index (κ2) is 9.62. The average molecular weight is 406 g/mol. The molecule has 0 bridgehead atoms. The van der Waals surface area contributed by atoms with Crippen molar-refractivity contribution in [3.05, 3.63) is 34.3 Å². The van der Waals surface area contributed by atoms with Gasteiger partial charge in [-0.15, -0.1) is 12.4 Å². The molecule has 1 saturated carbocycles. The summed E-state index contributed by atoms with van der Waals surface area (Å²) in [6.45, 7) is 2.78. The molecule has 0 spiro atoms. The molecular weight excluding hydrogens is 380 g/mol. The van der Waals surface area contributed by atoms with E-state index in [9.17, 15) is 4.79 Å². The highest BCUT2D eigenvalue weighted by molar-refractivity contribution is 9.10. The molecule has 1 aliphatic carbocycles. The number of nitrogens with two attached hydrogens (primary N) is 1. The summed E-state index contributed by atoms with van der Waals surface area (Å²) in [4.78, 5) is 12.3. The number of rotatable bonds is 6. The van der Waals surface area contributed by atoms with Crippen LogP contribution in [0.1, 0.15) is 44.6 Å². The average Bonchev–Trinajstić information content (AvgIpc) is 2.52. The number of hydrogen-bond acceptors (Lipinski definition) is 3. The van der Waals surface area contributed by atoms with Gasteiger partial charge >= 0.3 is 0 Å². The number of carbonyl (C=O) groups excluding carboxylic acids is 1. The third-order valence-corrected chi connectivity index (χ3v) is 4.74. The molecule has 1 unspecified atom stereocenters. The molecule has 6 heteroatoms. The summed E-state index contributed by atoms with van der Waals surface area (Å²) in [6, 6.07) is 7.50. The van der Waals surface area contributed by atoms with E-state index in [-0.39, 0.29) is 18.3 Å². The monoisotopic (exact) mass is 404 g/mol. The lowest BCUT2D eigenvalue weighted by molar-refractivity contribution is -0.126. The minimum absolute atomic E-state index is 0. The zero-order valence-corrected chi connectivity index (χ0v) is 15.9. The van der Waals surface area contributed by atoms with Crippen LogP contribution >= 0.6 is 28.3 Å². The van der Waals surface area contributed by atoms with Crippen molar-refractivity contribution in [1.29, 1.82) is 0 Å². The van der Waals surface area contributed by atoms with E-state index in [2.05, 4.69) is 21.2 Å². The fraction of sp³-hybridized carbons (Fsp3) is 0.588. The number of ether oxygens (including phenoxy) is 1. The first-order chi connectivity index (χ1) is 10.5. The molecule has 0 aliphatic heterocycles. The lowest BCUT2D eigenvalue weighted by Gasteiger charge is -2.25. The van der Waals surface area contributed by atoms with Gasteiger partial charge in [-0.3, -0.25) is 4.79 Å². The summed E-state index contributed by atoms with van der Waals surface area (Å²) in [6.07, 6.45) is 6.46. The third kappa shape index (κ3) is 6.07. The highest BCUT2D eigenvalue weighted by Gasteiger charge is 2.30. The zero-order chi connectivity index (χ0) is 16.0. The number of benzene rings is 1. The Kier molecular flexibility index (Phi) is 8.54. The van der Waals surface area contributed by atoms with Crippen molar-refractivity contribution in [3.63, 3.8) is 0 Å². The van der Waals surface area contributed by atoms with Crippen molar-refractivity contribution < 1.29 is 9.53 Å². The summed E-state index contributed by atoms with van der Waals surface area (Å²) in [5.74, 6) is -0.179. The zero-order valence-electron chi connectivity index (χ0n) is 13.5. The maximum absolute atomic E-state index is 12.3. The number of halogens is 2. The standard InChI is InChI=1S/C17H25BrN2O2.ClH/c1-17(19,13-7-9-14(18)10-8-13)16(21)20-11-12-22-15-5-3-2-4-6-15;/h7-10,15H,2-6,11-12,19H2,1H3,(H,20,21);1H. The minimum Gasteiger partial charge on any atom is -0.376 e. The van der Waals surface area contributed by atoms with Gasteiger partial charge < -0.3 is 15.8 Å². The molecule has 1 aliphatic rings. The van der Waals surface area contributed by atoms with Gasteiger partial charge in [-0.25, -0.2) is 0 Å². The van der Waals surface area contributed by atoms with Crippen molar-refractivity contribution >= 4 is 34.2 Å². The van der Waals surface area contributed by atoms with Crippen LogP contribution in [0, 0.1) is 0 Å². The fourth-order valence-electron chi connectivity index (χ4n) is 2.73. The number of carbonyl (C=O) groups is 1. The van der Waals surface area contributed by atoms with Gasteiger partial charge in [0.15, 0.2) is 0 Å². The van der Waals surface area contributed by atoms with Crippen molar-refractivity contribution in [2.24, 2.45) is 5.73 Å². The van der Waals surface area contributed by atoms with E-state index in [1.165, 1.54) is 19.3 Å². The van der Waals surface area contributed by atoms with E-state index in [0.29, 0.717) is 19.3 Å². The van der Waals surface area contributed by atoms with Gasteiger partial charge in [-0.2, -0.15) is 0 Å². The largest absolute Gasteiger partial charge is 0.376 e. The minimum atomic E-state index is -1.04. The van der Waals surface area contributed by atoms with Crippen molar-refractivity contribution in [3.8, 4) is 0 Å². The van der Waals surface area contributed by atoms with E-state index in [1.54, 1.807) is 6.92 Å². The molecule has 0 radical (unpaired) electrons. The molecule has 1 amide bonds.